The fraction of sp³-hybridized carbons (Fsp3) is 0.292. The fourth-order valence-electron chi connectivity index (χ4n) is 3.47. The maximum Gasteiger partial charge on any atom is 0.490 e. The van der Waals surface area contributed by atoms with Crippen LogP contribution in [0.15, 0.2) is 36.5 Å². The molecule has 208 valence electrons. The second-order valence-electron chi connectivity index (χ2n) is 8.16. The van der Waals surface area contributed by atoms with E-state index in [0.29, 0.717) is 10.2 Å². The smallest absolute Gasteiger partial charge is 0.475 e. The first-order valence-corrected chi connectivity index (χ1v) is 12.8. The van der Waals surface area contributed by atoms with Crippen molar-refractivity contribution in [1.29, 1.82) is 0 Å². The van der Waals surface area contributed by atoms with Gasteiger partial charge >= 0.3 is 12.1 Å². The summed E-state index contributed by atoms with van der Waals surface area (Å²) in [6.45, 7) is 8.46. The van der Waals surface area contributed by atoms with Crippen LogP contribution in [0.2, 0.25) is 5.02 Å². The second-order valence-corrected chi connectivity index (χ2v) is 9.52. The first-order chi connectivity index (χ1) is 18.4. The van der Waals surface area contributed by atoms with E-state index >= 15 is 0 Å². The number of nitrogens with one attached hydrogen (secondary N) is 3. The Bertz CT molecular complexity index is 1450. The molecule has 0 aliphatic rings. The quantitative estimate of drug-likeness (QED) is 0.201. The average molecular weight is 584 g/mol. The summed E-state index contributed by atoms with van der Waals surface area (Å²) in [7, 11) is 0. The summed E-state index contributed by atoms with van der Waals surface area (Å²) < 4.78 is 31.7. The number of hydrogen-bond donors (Lipinski definition) is 4. The third-order valence-electron chi connectivity index (χ3n) is 5.33. The van der Waals surface area contributed by atoms with Gasteiger partial charge in [-0.2, -0.15) is 18.3 Å². The Balaban J connectivity index is 0.000000532. The van der Waals surface area contributed by atoms with Crippen LogP contribution in [0.4, 0.5) is 29.7 Å². The number of alkyl halides is 3. The Kier molecular flexibility index (Phi) is 9.83. The monoisotopic (exact) mass is 583 g/mol. The molecule has 0 radical (unpaired) electrons. The number of nitrogens with zero attached hydrogens (tertiary/aromatic N) is 4. The van der Waals surface area contributed by atoms with Crippen LogP contribution in [0.25, 0.3) is 21.5 Å². The van der Waals surface area contributed by atoms with Crippen molar-refractivity contribution in [2.24, 2.45) is 0 Å². The number of fused-ring (bicyclic) bond motifs is 1. The summed E-state index contributed by atoms with van der Waals surface area (Å²) in [6.07, 6.45) is -3.39. The summed E-state index contributed by atoms with van der Waals surface area (Å²) in [5.74, 6) is -2.87. The van der Waals surface area contributed by atoms with Crippen LogP contribution in [0.5, 0.6) is 0 Å². The molecule has 1 amide bonds. The normalized spacial score (nSPS) is 11.3. The van der Waals surface area contributed by atoms with Crippen molar-refractivity contribution in [3.05, 3.63) is 47.1 Å². The van der Waals surface area contributed by atoms with E-state index in [9.17, 15) is 18.0 Å². The highest BCUT2D eigenvalue weighted by molar-refractivity contribution is 7.18. The third kappa shape index (κ3) is 8.12. The second kappa shape index (κ2) is 12.9. The molecule has 0 aliphatic heterocycles. The maximum atomic E-state index is 11.6. The molecule has 0 saturated heterocycles. The minimum atomic E-state index is -5.08. The number of anilines is 3. The molecule has 10 nitrogen and oxygen atoms in total. The molecule has 2 aromatic heterocycles. The molecule has 0 bridgehead atoms. The lowest BCUT2D eigenvalue weighted by Gasteiger charge is -2.19. The summed E-state index contributed by atoms with van der Waals surface area (Å²) in [4.78, 5) is 22.9. The van der Waals surface area contributed by atoms with Gasteiger partial charge in [-0.15, -0.1) is 10.2 Å². The molecule has 2 heterocycles. The van der Waals surface area contributed by atoms with Crippen molar-refractivity contribution in [3.8, 4) is 10.6 Å². The summed E-state index contributed by atoms with van der Waals surface area (Å²) in [5.41, 5.74) is 4.36. The zero-order valence-corrected chi connectivity index (χ0v) is 22.6. The minimum absolute atomic E-state index is 0.111. The van der Waals surface area contributed by atoms with Gasteiger partial charge in [-0.25, -0.2) is 4.79 Å². The van der Waals surface area contributed by atoms with Gasteiger partial charge in [-0.05, 0) is 49.0 Å². The van der Waals surface area contributed by atoms with Gasteiger partial charge in [0.1, 0.15) is 5.01 Å². The largest absolute Gasteiger partial charge is 0.490 e. The summed E-state index contributed by atoms with van der Waals surface area (Å²) >= 11 is 7.93. The number of rotatable bonds is 8. The number of halogens is 4. The number of aromatic amines is 1. The van der Waals surface area contributed by atoms with Crippen molar-refractivity contribution in [2.75, 3.05) is 23.7 Å². The number of H-pyrrole nitrogens is 1. The van der Waals surface area contributed by atoms with Crippen molar-refractivity contribution in [1.82, 2.24) is 25.3 Å². The molecular weight excluding hydrogens is 559 g/mol. The lowest BCUT2D eigenvalue weighted by atomic mass is 10.1. The molecule has 15 heteroatoms. The number of benzene rings is 2. The van der Waals surface area contributed by atoms with E-state index in [1.165, 1.54) is 18.3 Å². The Hall–Kier alpha value is -3.75. The molecule has 39 heavy (non-hydrogen) atoms. The Morgan fingerprint density at radius 1 is 1.15 bits per heavy atom. The van der Waals surface area contributed by atoms with Gasteiger partial charge in [0.05, 0.1) is 22.4 Å². The molecule has 0 atom stereocenters. The topological polar surface area (TPSA) is 136 Å². The average Bonchev–Trinajstić information content (AvgIpc) is 3.54. The molecule has 2 aromatic carbocycles. The molecule has 0 saturated carbocycles. The van der Waals surface area contributed by atoms with Crippen LogP contribution in [0.3, 0.4) is 0 Å². The van der Waals surface area contributed by atoms with Crippen molar-refractivity contribution < 1.29 is 27.9 Å². The molecule has 0 aliphatic carbocycles. The van der Waals surface area contributed by atoms with Crippen LogP contribution >= 0.6 is 22.9 Å². The van der Waals surface area contributed by atoms with Crippen molar-refractivity contribution >= 4 is 62.2 Å². The molecule has 4 rings (SSSR count). The molecule has 4 aromatic rings. The predicted molar refractivity (Wildman–Crippen MR) is 144 cm³/mol. The molecule has 0 spiro atoms. The van der Waals surface area contributed by atoms with E-state index in [1.807, 2.05) is 24.3 Å². The number of hydrogen-bond acceptors (Lipinski definition) is 8. The van der Waals surface area contributed by atoms with Gasteiger partial charge in [-0.1, -0.05) is 36.8 Å². The van der Waals surface area contributed by atoms with E-state index in [-0.39, 0.29) is 5.91 Å². The highest BCUT2D eigenvalue weighted by atomic mass is 35.5. The number of carbonyl (C=O) groups excluding carboxylic acids is 1. The number of aliphatic carboxylic acids is 1. The fourth-order valence-corrected chi connectivity index (χ4v) is 4.48. The van der Waals surface area contributed by atoms with Gasteiger partial charge in [0.15, 0.2) is 0 Å². The maximum absolute atomic E-state index is 11.6. The first-order valence-electron chi connectivity index (χ1n) is 11.6. The molecule has 0 fully saturated rings. The number of carboxylic acid groups (broad SMARTS) is 1. The predicted octanol–water partition coefficient (Wildman–Crippen LogP) is 5.91. The van der Waals surface area contributed by atoms with Crippen LogP contribution in [-0.4, -0.2) is 61.5 Å². The van der Waals surface area contributed by atoms with Gasteiger partial charge in [0, 0.05) is 30.1 Å². The van der Waals surface area contributed by atoms with Gasteiger partial charge in [-0.3, -0.25) is 14.8 Å². The van der Waals surface area contributed by atoms with Gasteiger partial charge in [0.25, 0.3) is 0 Å². The van der Waals surface area contributed by atoms with Gasteiger partial charge < -0.3 is 15.7 Å². The Morgan fingerprint density at radius 3 is 2.46 bits per heavy atom. The lowest BCUT2D eigenvalue weighted by molar-refractivity contribution is -0.192. The minimum Gasteiger partial charge on any atom is -0.475 e. The van der Waals surface area contributed by atoms with Gasteiger partial charge in [0.2, 0.25) is 11.0 Å². The first kappa shape index (κ1) is 29.8. The third-order valence-corrected chi connectivity index (χ3v) is 6.62. The van der Waals surface area contributed by atoms with E-state index in [0.717, 1.165) is 58.0 Å². The summed E-state index contributed by atoms with van der Waals surface area (Å²) in [5, 5.41) is 31.6. The van der Waals surface area contributed by atoms with E-state index in [1.54, 1.807) is 6.20 Å². The molecule has 4 N–H and O–H groups in total. The highest BCUT2D eigenvalue weighted by Crippen LogP contribution is 2.35. The molecular formula is C24H25ClF3N7O3S. The zero-order valence-electron chi connectivity index (χ0n) is 21.1. The van der Waals surface area contributed by atoms with Crippen LogP contribution < -0.4 is 10.6 Å². The van der Waals surface area contributed by atoms with E-state index in [4.69, 9.17) is 21.5 Å². The Morgan fingerprint density at radius 2 is 1.85 bits per heavy atom. The number of carboxylic acids is 1. The SMILES string of the molecule is CCN(CC)Cc1cc(NC(C)=O)cc(-c2nnc(Nc3ccc4[nH]ncc4c3Cl)s2)c1.O=C(O)C(F)(F)F. The number of aromatic nitrogens is 4. The van der Waals surface area contributed by atoms with Crippen LogP contribution in [0, 0.1) is 0 Å². The number of carbonyl (C=O) groups is 2. The highest BCUT2D eigenvalue weighted by Gasteiger charge is 2.38. The number of amides is 1. The summed E-state index contributed by atoms with van der Waals surface area (Å²) in [6, 6.07) is 9.81. The van der Waals surface area contributed by atoms with E-state index in [2.05, 4.69) is 55.8 Å². The molecule has 0 unspecified atom stereocenters. The standard InChI is InChI=1S/C22H24ClN7OS.C2HF3O2/c1-4-30(5-2)12-14-8-15(10-16(9-14)25-13(3)31)21-28-29-22(32-21)26-19-7-6-18-17(20(19)23)11-24-27-18;3-2(4,5)1(6)7/h6-11H,4-5,12H2,1-3H3,(H,24,27)(H,25,31)(H,26,29);(H,6,7). The van der Waals surface area contributed by atoms with Crippen molar-refractivity contribution in [2.45, 2.75) is 33.5 Å². The van der Waals surface area contributed by atoms with Crippen LogP contribution in [-0.2, 0) is 16.1 Å². The van der Waals surface area contributed by atoms with E-state index < -0.39 is 12.1 Å². The van der Waals surface area contributed by atoms with Crippen LogP contribution in [0.1, 0.15) is 26.3 Å². The lowest BCUT2D eigenvalue weighted by Crippen LogP contribution is -2.22. The van der Waals surface area contributed by atoms with Crippen molar-refractivity contribution in [3.63, 3.8) is 0 Å². The Labute approximate surface area is 230 Å². The zero-order chi connectivity index (χ0) is 28.7.